The number of hydrogen-bond donors (Lipinski definition) is 1. The van der Waals surface area contributed by atoms with Crippen LogP contribution in [0.5, 0.6) is 0 Å². The number of para-hydroxylation sites is 2. The third-order valence-corrected chi connectivity index (χ3v) is 9.33. The lowest BCUT2D eigenvalue weighted by molar-refractivity contribution is -0.0249. The minimum absolute atomic E-state index is 0.117. The van der Waals surface area contributed by atoms with Crippen LogP contribution in [-0.2, 0) is 0 Å². The molecule has 0 saturated heterocycles. The molecule has 2 aromatic rings. The van der Waals surface area contributed by atoms with Crippen LogP contribution >= 0.6 is 0 Å². The molecular weight excluding hydrogens is 362 g/mol. The van der Waals surface area contributed by atoms with Crippen LogP contribution in [0.1, 0.15) is 58.8 Å². The first kappa shape index (κ1) is 17.9. The fourth-order valence-corrected chi connectivity index (χ4v) is 7.71. The fraction of sp³-hybridized carbons (Fsp3) is 0.577. The molecule has 1 aromatic heterocycles. The lowest BCUT2D eigenvalue weighted by atomic mass is 9.48. The number of hydrogen-bond acceptors (Lipinski definition) is 2. The molecule has 4 aliphatic rings. The summed E-state index contributed by atoms with van der Waals surface area (Å²) in [5, 5.41) is 10.2. The molecular formula is C26H32N2O. The van der Waals surface area contributed by atoms with Crippen molar-refractivity contribution in [3.8, 4) is 0 Å². The first-order valence-corrected chi connectivity index (χ1v) is 11.5. The van der Waals surface area contributed by atoms with Crippen molar-refractivity contribution >= 4 is 16.7 Å². The molecule has 3 nitrogen and oxygen atoms in total. The van der Waals surface area contributed by atoms with Gasteiger partial charge in [-0.15, -0.1) is 0 Å². The topological polar surface area (TPSA) is 38.0 Å². The van der Waals surface area contributed by atoms with Crippen LogP contribution in [0.15, 0.2) is 48.3 Å². The number of fused-ring (bicyclic) bond motifs is 6. The van der Waals surface area contributed by atoms with Gasteiger partial charge in [0.05, 0.1) is 17.1 Å². The Balaban J connectivity index is 1.36. The van der Waals surface area contributed by atoms with Crippen LogP contribution in [0, 0.1) is 28.6 Å². The zero-order chi connectivity index (χ0) is 19.8. The van der Waals surface area contributed by atoms with E-state index >= 15 is 0 Å². The molecule has 0 unspecified atom stereocenters. The Morgan fingerprint density at radius 1 is 1.00 bits per heavy atom. The fourth-order valence-electron chi connectivity index (χ4n) is 7.71. The van der Waals surface area contributed by atoms with Crippen molar-refractivity contribution in [1.29, 1.82) is 0 Å². The summed E-state index contributed by atoms with van der Waals surface area (Å²) in [5.41, 5.74) is 5.92. The number of aromatic nitrogens is 2. The molecule has 0 spiro atoms. The highest BCUT2D eigenvalue weighted by atomic mass is 16.3. The highest BCUT2D eigenvalue weighted by Gasteiger charge is 2.57. The molecule has 4 aliphatic carbocycles. The summed E-state index contributed by atoms with van der Waals surface area (Å²) in [6.07, 6.45) is 15.0. The predicted octanol–water partition coefficient (Wildman–Crippen LogP) is 5.81. The summed E-state index contributed by atoms with van der Waals surface area (Å²) < 4.78 is 2.37. The van der Waals surface area contributed by atoms with Crippen LogP contribution in [0.25, 0.3) is 16.7 Å². The first-order chi connectivity index (χ1) is 14.0. The number of imidazole rings is 1. The van der Waals surface area contributed by atoms with Gasteiger partial charge in [0.1, 0.15) is 6.33 Å². The van der Waals surface area contributed by atoms with E-state index in [0.717, 1.165) is 42.5 Å². The zero-order valence-corrected chi connectivity index (χ0v) is 17.6. The highest BCUT2D eigenvalue weighted by molar-refractivity contribution is 5.80. The Morgan fingerprint density at radius 2 is 1.83 bits per heavy atom. The standard InChI is InChI=1S/C26H32N2O/c1-25-13-11-18(29)15-17(25)7-8-19-20-9-10-24(26(20,2)14-12-21(19)25)28-16-27-22-5-3-4-6-23(22)28/h3-7,10,16,18-21,29H,8-9,11-15H2,1-2H3/t18-,19-,20-,21-,25-,26-/m0/s1/i3+1,4+1,5+1,6+1,22+1,23+1. The number of allylic oxidation sites excluding steroid dienone is 3. The van der Waals surface area contributed by atoms with Crippen molar-refractivity contribution in [2.75, 3.05) is 0 Å². The van der Waals surface area contributed by atoms with Crippen LogP contribution < -0.4 is 0 Å². The highest BCUT2D eigenvalue weighted by Crippen LogP contribution is 2.65. The van der Waals surface area contributed by atoms with Gasteiger partial charge in [0.25, 0.3) is 0 Å². The van der Waals surface area contributed by atoms with Crippen LogP contribution in [0.3, 0.4) is 0 Å². The summed E-state index contributed by atoms with van der Waals surface area (Å²) in [5.74, 6) is 2.26. The van der Waals surface area contributed by atoms with E-state index in [1.165, 1.54) is 36.9 Å². The maximum atomic E-state index is 10.2. The van der Waals surface area contributed by atoms with Gasteiger partial charge in [-0.3, -0.25) is 0 Å². The smallest absolute Gasteiger partial charge is 0.100 e. The van der Waals surface area contributed by atoms with Crippen molar-refractivity contribution in [3.05, 3.63) is 48.3 Å². The molecule has 1 aromatic carbocycles. The number of rotatable bonds is 1. The van der Waals surface area contributed by atoms with E-state index in [-0.39, 0.29) is 11.5 Å². The molecule has 0 bridgehead atoms. The Morgan fingerprint density at radius 3 is 2.72 bits per heavy atom. The molecule has 1 N–H and O–H groups in total. The second-order valence-corrected chi connectivity index (χ2v) is 10.5. The lowest BCUT2D eigenvalue weighted by Gasteiger charge is -2.57. The maximum absolute atomic E-state index is 10.2. The second-order valence-electron chi connectivity index (χ2n) is 10.5. The van der Waals surface area contributed by atoms with Gasteiger partial charge in [-0.1, -0.05) is 43.7 Å². The minimum atomic E-state index is -0.117. The van der Waals surface area contributed by atoms with E-state index in [2.05, 4.69) is 59.8 Å². The Hall–Kier alpha value is -1.87. The average Bonchev–Trinajstić information content (AvgIpc) is 3.29. The molecule has 2 fully saturated rings. The van der Waals surface area contributed by atoms with E-state index in [0.29, 0.717) is 5.41 Å². The minimum Gasteiger partial charge on any atom is -0.393 e. The molecule has 0 amide bonds. The number of benzene rings is 1. The number of aliphatic hydroxyl groups excluding tert-OH is 1. The summed E-state index contributed by atoms with van der Waals surface area (Å²) >= 11 is 0. The summed E-state index contributed by atoms with van der Waals surface area (Å²) in [7, 11) is 0. The van der Waals surface area contributed by atoms with Crippen LogP contribution in [0.2, 0.25) is 0 Å². The third kappa shape index (κ3) is 2.37. The molecule has 0 radical (unpaired) electrons. The Bertz CT molecular complexity index is 1030. The van der Waals surface area contributed by atoms with Gasteiger partial charge in [0.15, 0.2) is 0 Å². The summed E-state index contributed by atoms with van der Waals surface area (Å²) in [6.45, 7) is 5.03. The van der Waals surface area contributed by atoms with E-state index < -0.39 is 0 Å². The van der Waals surface area contributed by atoms with Crippen molar-refractivity contribution in [2.45, 2.75) is 64.9 Å². The van der Waals surface area contributed by atoms with Gasteiger partial charge in [0, 0.05) is 11.1 Å². The number of aliphatic hydroxyl groups is 1. The van der Waals surface area contributed by atoms with Gasteiger partial charge in [0.2, 0.25) is 0 Å². The maximum Gasteiger partial charge on any atom is 0.100 e. The summed E-state index contributed by atoms with van der Waals surface area (Å²) in [6, 6.07) is 8.52. The number of nitrogens with zero attached hydrogens (tertiary/aromatic N) is 2. The Kier molecular flexibility index (Phi) is 3.76. The second kappa shape index (κ2) is 6.07. The van der Waals surface area contributed by atoms with Crippen LogP contribution in [-0.4, -0.2) is 20.8 Å². The monoisotopic (exact) mass is 394 g/mol. The third-order valence-electron chi connectivity index (χ3n) is 9.33. The molecule has 152 valence electrons. The zero-order valence-electron chi connectivity index (χ0n) is 17.6. The predicted molar refractivity (Wildman–Crippen MR) is 117 cm³/mol. The normalized spacial score (nSPS) is 41.3. The van der Waals surface area contributed by atoms with E-state index in [1.807, 2.05) is 6.33 Å². The molecule has 6 atom stereocenters. The molecule has 29 heavy (non-hydrogen) atoms. The largest absolute Gasteiger partial charge is 0.393 e. The van der Waals surface area contributed by atoms with E-state index in [1.54, 1.807) is 5.57 Å². The van der Waals surface area contributed by atoms with Crippen molar-refractivity contribution < 1.29 is 5.11 Å². The van der Waals surface area contributed by atoms with Gasteiger partial charge in [-0.2, -0.15) is 0 Å². The van der Waals surface area contributed by atoms with Gasteiger partial charge >= 0.3 is 0 Å². The SMILES string of the molecule is C[C@]12CC[C@H](O)CC1=CC[C@@H]1[C@@H]2CC[C@]2(C)C(n3cn[13c]4[13cH][13cH][13cH][13cH][13c]43)=CC[C@@H]12. The van der Waals surface area contributed by atoms with E-state index in [4.69, 9.17) is 0 Å². The first-order valence-electron chi connectivity index (χ1n) is 11.5. The molecule has 3 heteroatoms. The van der Waals surface area contributed by atoms with E-state index in [9.17, 15) is 5.11 Å². The van der Waals surface area contributed by atoms with Gasteiger partial charge < -0.3 is 9.67 Å². The van der Waals surface area contributed by atoms with Crippen molar-refractivity contribution in [1.82, 2.24) is 9.55 Å². The van der Waals surface area contributed by atoms with Gasteiger partial charge in [-0.25, -0.2) is 4.98 Å². The van der Waals surface area contributed by atoms with Gasteiger partial charge in [-0.05, 0) is 80.2 Å². The average molecular weight is 395 g/mol. The summed E-state index contributed by atoms with van der Waals surface area (Å²) in [4.78, 5) is 4.67. The molecule has 6 rings (SSSR count). The van der Waals surface area contributed by atoms with Crippen molar-refractivity contribution in [2.24, 2.45) is 28.6 Å². The molecule has 2 saturated carbocycles. The molecule has 1 heterocycles. The lowest BCUT2D eigenvalue weighted by Crippen LogP contribution is -2.50. The quantitative estimate of drug-likeness (QED) is 0.620. The molecule has 0 aliphatic heterocycles. The Labute approximate surface area is 173 Å². The van der Waals surface area contributed by atoms with Crippen LogP contribution in [0.4, 0.5) is 0 Å². The van der Waals surface area contributed by atoms with Crippen molar-refractivity contribution in [3.63, 3.8) is 0 Å².